The van der Waals surface area contributed by atoms with E-state index >= 15 is 0 Å². The summed E-state index contributed by atoms with van der Waals surface area (Å²) in [5.41, 5.74) is 1.40. The molecule has 0 aromatic carbocycles. The molecule has 2 heterocycles. The molecule has 18 heavy (non-hydrogen) atoms. The highest BCUT2D eigenvalue weighted by Gasteiger charge is 2.14. The molecule has 2 rings (SSSR count). The summed E-state index contributed by atoms with van der Waals surface area (Å²) in [4.78, 5) is 18.4. The van der Waals surface area contributed by atoms with Gasteiger partial charge in [-0.05, 0) is 19.9 Å². The van der Waals surface area contributed by atoms with Gasteiger partial charge >= 0.3 is 12.0 Å². The lowest BCUT2D eigenvalue weighted by Gasteiger charge is -2.04. The van der Waals surface area contributed by atoms with Crippen LogP contribution in [0.25, 0.3) is 0 Å². The highest BCUT2D eigenvalue weighted by Crippen LogP contribution is 2.25. The van der Waals surface area contributed by atoms with Crippen molar-refractivity contribution >= 4 is 5.97 Å². The van der Waals surface area contributed by atoms with E-state index in [4.69, 9.17) is 9.84 Å². The fourth-order valence-corrected chi connectivity index (χ4v) is 1.50. The van der Waals surface area contributed by atoms with Crippen molar-refractivity contribution in [2.75, 3.05) is 0 Å². The lowest BCUT2D eigenvalue weighted by atomic mass is 10.3. The molecular weight excluding hydrogens is 236 g/mol. The van der Waals surface area contributed by atoms with Crippen LogP contribution in [-0.2, 0) is 7.05 Å². The first-order valence-corrected chi connectivity index (χ1v) is 5.23. The molecule has 0 spiro atoms. The molecule has 0 aliphatic heterocycles. The topological polar surface area (TPSA) is 90.1 Å². The number of nitrogens with zero attached hydrogens (tertiary/aromatic N) is 4. The second-order valence-electron chi connectivity index (χ2n) is 3.76. The van der Waals surface area contributed by atoms with Crippen LogP contribution in [-0.4, -0.2) is 30.8 Å². The number of carboxylic acids is 1. The van der Waals surface area contributed by atoms with Crippen molar-refractivity contribution in [3.8, 4) is 11.8 Å². The van der Waals surface area contributed by atoms with E-state index < -0.39 is 5.97 Å². The molecule has 0 aliphatic carbocycles. The van der Waals surface area contributed by atoms with E-state index in [1.165, 1.54) is 12.3 Å². The maximum Gasteiger partial charge on any atom is 0.354 e. The van der Waals surface area contributed by atoms with Gasteiger partial charge in [0.25, 0.3) is 0 Å². The van der Waals surface area contributed by atoms with Crippen molar-refractivity contribution in [3.05, 3.63) is 29.3 Å². The summed E-state index contributed by atoms with van der Waals surface area (Å²) in [7, 11) is 1.80. The molecule has 0 bridgehead atoms. The first kappa shape index (κ1) is 12.0. The van der Waals surface area contributed by atoms with Crippen molar-refractivity contribution in [2.24, 2.45) is 7.05 Å². The number of aryl methyl sites for hydroxylation is 2. The Bertz CT molecular complexity index is 606. The standard InChI is InChI=1S/C11H12N4O3/c1-6-9(7(2)15(3)14-6)18-11-12-5-4-8(13-11)10(16)17/h4-5H,1-3H3,(H,16,17). The van der Waals surface area contributed by atoms with Crippen LogP contribution in [0.1, 0.15) is 21.9 Å². The van der Waals surface area contributed by atoms with Crippen LogP contribution in [0, 0.1) is 13.8 Å². The van der Waals surface area contributed by atoms with Gasteiger partial charge in [-0.2, -0.15) is 10.1 Å². The van der Waals surface area contributed by atoms with Crippen LogP contribution in [0.4, 0.5) is 0 Å². The average molecular weight is 248 g/mol. The fourth-order valence-electron chi connectivity index (χ4n) is 1.50. The third-order valence-electron chi connectivity index (χ3n) is 2.49. The smallest absolute Gasteiger partial charge is 0.354 e. The molecular formula is C11H12N4O3. The number of hydrogen-bond donors (Lipinski definition) is 1. The third-order valence-corrected chi connectivity index (χ3v) is 2.49. The number of rotatable bonds is 3. The highest BCUT2D eigenvalue weighted by atomic mass is 16.5. The summed E-state index contributed by atoms with van der Waals surface area (Å²) in [5, 5.41) is 13.0. The van der Waals surface area contributed by atoms with E-state index in [1.54, 1.807) is 18.7 Å². The normalized spacial score (nSPS) is 10.4. The molecule has 2 aromatic heterocycles. The van der Waals surface area contributed by atoms with E-state index in [0.29, 0.717) is 11.4 Å². The monoisotopic (exact) mass is 248 g/mol. The van der Waals surface area contributed by atoms with Crippen molar-refractivity contribution in [3.63, 3.8) is 0 Å². The Labute approximate surface area is 103 Å². The Morgan fingerprint density at radius 1 is 1.44 bits per heavy atom. The van der Waals surface area contributed by atoms with Crippen molar-refractivity contribution < 1.29 is 14.6 Å². The summed E-state index contributed by atoms with van der Waals surface area (Å²) in [6, 6.07) is 1.30. The maximum atomic E-state index is 10.8. The van der Waals surface area contributed by atoms with Gasteiger partial charge in [0.05, 0.1) is 5.69 Å². The first-order chi connectivity index (χ1) is 8.49. The van der Waals surface area contributed by atoms with Gasteiger partial charge in [-0.3, -0.25) is 4.68 Å². The molecule has 0 saturated carbocycles. The molecule has 7 nitrogen and oxygen atoms in total. The summed E-state index contributed by atoms with van der Waals surface area (Å²) in [6.07, 6.45) is 1.34. The van der Waals surface area contributed by atoms with Gasteiger partial charge in [-0.1, -0.05) is 0 Å². The molecule has 2 aromatic rings. The molecule has 0 saturated heterocycles. The van der Waals surface area contributed by atoms with Crippen LogP contribution >= 0.6 is 0 Å². The number of ether oxygens (including phenoxy) is 1. The van der Waals surface area contributed by atoms with Gasteiger partial charge in [0, 0.05) is 13.2 Å². The molecule has 1 N–H and O–H groups in total. The SMILES string of the molecule is Cc1nn(C)c(C)c1Oc1nccc(C(=O)O)n1. The van der Waals surface area contributed by atoms with E-state index in [-0.39, 0.29) is 11.7 Å². The average Bonchev–Trinajstić information content (AvgIpc) is 2.56. The van der Waals surface area contributed by atoms with Crippen LogP contribution in [0.2, 0.25) is 0 Å². The minimum Gasteiger partial charge on any atom is -0.477 e. The Morgan fingerprint density at radius 3 is 2.72 bits per heavy atom. The Hall–Kier alpha value is -2.44. The summed E-state index contributed by atoms with van der Waals surface area (Å²) >= 11 is 0. The van der Waals surface area contributed by atoms with Crippen LogP contribution in [0.3, 0.4) is 0 Å². The molecule has 0 fully saturated rings. The van der Waals surface area contributed by atoms with E-state index in [1.807, 2.05) is 6.92 Å². The Morgan fingerprint density at radius 2 is 2.17 bits per heavy atom. The fraction of sp³-hybridized carbons (Fsp3) is 0.273. The van der Waals surface area contributed by atoms with Gasteiger partial charge in [-0.25, -0.2) is 9.78 Å². The zero-order valence-corrected chi connectivity index (χ0v) is 10.2. The maximum absolute atomic E-state index is 10.8. The van der Waals surface area contributed by atoms with Crippen LogP contribution in [0.15, 0.2) is 12.3 Å². The van der Waals surface area contributed by atoms with Gasteiger partial charge in [-0.15, -0.1) is 0 Å². The molecule has 0 amide bonds. The van der Waals surface area contributed by atoms with E-state index in [2.05, 4.69) is 15.1 Å². The number of carboxylic acid groups (broad SMARTS) is 1. The predicted octanol–water partition coefficient (Wildman–Crippen LogP) is 1.32. The Kier molecular flexibility index (Phi) is 2.97. The number of aromatic carboxylic acids is 1. The zero-order chi connectivity index (χ0) is 13.3. The predicted molar refractivity (Wildman–Crippen MR) is 61.7 cm³/mol. The lowest BCUT2D eigenvalue weighted by molar-refractivity contribution is 0.0689. The zero-order valence-electron chi connectivity index (χ0n) is 10.2. The summed E-state index contributed by atoms with van der Waals surface area (Å²) < 4.78 is 7.16. The Balaban J connectivity index is 2.34. The number of hydrogen-bond acceptors (Lipinski definition) is 5. The molecule has 0 atom stereocenters. The van der Waals surface area contributed by atoms with Gasteiger partial charge in [0.1, 0.15) is 5.69 Å². The van der Waals surface area contributed by atoms with Crippen molar-refractivity contribution in [1.29, 1.82) is 0 Å². The third kappa shape index (κ3) is 2.15. The second-order valence-corrected chi connectivity index (χ2v) is 3.76. The van der Waals surface area contributed by atoms with Crippen molar-refractivity contribution in [1.82, 2.24) is 19.7 Å². The highest BCUT2D eigenvalue weighted by molar-refractivity contribution is 5.85. The molecule has 0 radical (unpaired) electrons. The van der Waals surface area contributed by atoms with E-state index in [0.717, 1.165) is 5.69 Å². The number of aromatic nitrogens is 4. The molecule has 0 aliphatic rings. The summed E-state index contributed by atoms with van der Waals surface area (Å²) in [5.74, 6) is -0.582. The van der Waals surface area contributed by atoms with Crippen LogP contribution in [0.5, 0.6) is 11.8 Å². The first-order valence-electron chi connectivity index (χ1n) is 5.23. The molecule has 94 valence electrons. The minimum absolute atomic E-state index is 0.00546. The molecule has 7 heteroatoms. The van der Waals surface area contributed by atoms with Gasteiger partial charge < -0.3 is 9.84 Å². The van der Waals surface area contributed by atoms with E-state index in [9.17, 15) is 4.79 Å². The lowest BCUT2D eigenvalue weighted by Crippen LogP contribution is -2.03. The summed E-state index contributed by atoms with van der Waals surface area (Å²) in [6.45, 7) is 3.64. The van der Waals surface area contributed by atoms with Gasteiger partial charge in [0.15, 0.2) is 11.4 Å². The minimum atomic E-state index is -1.12. The quantitative estimate of drug-likeness (QED) is 0.880. The van der Waals surface area contributed by atoms with Crippen LogP contribution < -0.4 is 4.74 Å². The van der Waals surface area contributed by atoms with Crippen molar-refractivity contribution in [2.45, 2.75) is 13.8 Å². The largest absolute Gasteiger partial charge is 0.477 e. The van der Waals surface area contributed by atoms with Gasteiger partial charge in [0.2, 0.25) is 0 Å². The second kappa shape index (κ2) is 4.44. The molecule has 0 unspecified atom stereocenters. The number of carbonyl (C=O) groups is 1.